The van der Waals surface area contributed by atoms with Crippen LogP contribution in [-0.2, 0) is 12.0 Å². The number of aliphatic hydroxyl groups is 1. The van der Waals surface area contributed by atoms with E-state index in [2.05, 4.69) is 0 Å². The summed E-state index contributed by atoms with van der Waals surface area (Å²) in [6.45, 7) is 1.56. The second kappa shape index (κ2) is 5.81. The van der Waals surface area contributed by atoms with Crippen molar-refractivity contribution in [3.63, 3.8) is 0 Å². The second-order valence-corrected chi connectivity index (χ2v) is 5.33. The molecule has 2 nitrogen and oxygen atoms in total. The van der Waals surface area contributed by atoms with Gasteiger partial charge in [-0.2, -0.15) is 0 Å². The molecule has 0 bridgehead atoms. The topological polar surface area (TPSA) is 29.5 Å². The molecule has 0 aliphatic heterocycles. The Labute approximate surface area is 122 Å². The predicted octanol–water partition coefficient (Wildman–Crippen LogP) is 3.94. The molecule has 0 aliphatic rings. The number of methoxy groups -OCH3 is 1. The Morgan fingerprint density at radius 3 is 2.60 bits per heavy atom. The molecule has 0 spiro atoms. The van der Waals surface area contributed by atoms with E-state index in [9.17, 15) is 9.50 Å². The fourth-order valence-electron chi connectivity index (χ4n) is 2.33. The smallest absolute Gasteiger partial charge is 0.133 e. The number of benzene rings is 2. The van der Waals surface area contributed by atoms with E-state index in [1.54, 1.807) is 37.3 Å². The summed E-state index contributed by atoms with van der Waals surface area (Å²) in [6.07, 6.45) is 0.241. The Morgan fingerprint density at radius 1 is 1.25 bits per heavy atom. The number of halogens is 2. The third-order valence-corrected chi connectivity index (χ3v) is 3.41. The van der Waals surface area contributed by atoms with Crippen LogP contribution in [0, 0.1) is 5.82 Å². The van der Waals surface area contributed by atoms with Crippen LogP contribution in [0.4, 0.5) is 4.39 Å². The van der Waals surface area contributed by atoms with Crippen molar-refractivity contribution in [3.05, 3.63) is 64.4 Å². The van der Waals surface area contributed by atoms with Gasteiger partial charge in [0, 0.05) is 11.4 Å². The van der Waals surface area contributed by atoms with Crippen molar-refractivity contribution in [2.24, 2.45) is 0 Å². The van der Waals surface area contributed by atoms with E-state index in [1.807, 2.05) is 6.07 Å². The molecule has 1 unspecified atom stereocenters. The summed E-state index contributed by atoms with van der Waals surface area (Å²) in [5.41, 5.74) is -0.406. The minimum atomic E-state index is -1.39. The summed E-state index contributed by atoms with van der Waals surface area (Å²) in [4.78, 5) is 0. The molecule has 106 valence electrons. The quantitative estimate of drug-likeness (QED) is 0.925. The van der Waals surface area contributed by atoms with Crippen LogP contribution in [0.5, 0.6) is 5.75 Å². The first-order valence-electron chi connectivity index (χ1n) is 6.24. The van der Waals surface area contributed by atoms with E-state index < -0.39 is 11.4 Å². The van der Waals surface area contributed by atoms with E-state index in [4.69, 9.17) is 16.3 Å². The lowest BCUT2D eigenvalue weighted by molar-refractivity contribution is 0.0510. The van der Waals surface area contributed by atoms with Crippen molar-refractivity contribution in [1.82, 2.24) is 0 Å². The number of rotatable bonds is 4. The summed E-state index contributed by atoms with van der Waals surface area (Å²) in [6, 6.07) is 11.6. The molecule has 2 rings (SSSR count). The van der Waals surface area contributed by atoms with Gasteiger partial charge in [0.15, 0.2) is 0 Å². The van der Waals surface area contributed by atoms with Gasteiger partial charge in [0.05, 0.1) is 18.3 Å². The molecule has 20 heavy (non-hydrogen) atoms. The Kier molecular flexibility index (Phi) is 4.31. The Hall–Kier alpha value is -1.58. The Bertz CT molecular complexity index is 611. The van der Waals surface area contributed by atoms with E-state index in [0.29, 0.717) is 10.8 Å². The average molecular weight is 295 g/mol. The molecule has 4 heteroatoms. The predicted molar refractivity (Wildman–Crippen MR) is 77.7 cm³/mol. The number of ether oxygens (including phenoxy) is 1. The van der Waals surface area contributed by atoms with Gasteiger partial charge in [-0.05, 0) is 36.8 Å². The highest BCUT2D eigenvalue weighted by Gasteiger charge is 2.30. The molecular formula is C16H16ClFO2. The summed E-state index contributed by atoms with van der Waals surface area (Å²) in [5, 5.41) is 11.2. The van der Waals surface area contributed by atoms with Crippen molar-refractivity contribution in [1.29, 1.82) is 0 Å². The van der Waals surface area contributed by atoms with Gasteiger partial charge < -0.3 is 9.84 Å². The normalized spacial score (nSPS) is 13.8. The third kappa shape index (κ3) is 3.11. The second-order valence-electron chi connectivity index (χ2n) is 4.90. The maximum Gasteiger partial charge on any atom is 0.133 e. The van der Waals surface area contributed by atoms with Crippen molar-refractivity contribution < 1.29 is 14.2 Å². The zero-order valence-electron chi connectivity index (χ0n) is 11.4. The molecule has 1 N–H and O–H groups in total. The van der Waals surface area contributed by atoms with Gasteiger partial charge >= 0.3 is 0 Å². The lowest BCUT2D eigenvalue weighted by Gasteiger charge is -2.26. The van der Waals surface area contributed by atoms with Crippen LogP contribution in [0.3, 0.4) is 0 Å². The third-order valence-electron chi connectivity index (χ3n) is 3.17. The van der Waals surface area contributed by atoms with Crippen LogP contribution in [-0.4, -0.2) is 12.2 Å². The first-order chi connectivity index (χ1) is 9.44. The molecule has 0 heterocycles. The molecule has 2 aromatic carbocycles. The molecule has 2 aromatic rings. The van der Waals surface area contributed by atoms with Crippen molar-refractivity contribution in [2.45, 2.75) is 18.9 Å². The van der Waals surface area contributed by atoms with E-state index in [0.717, 1.165) is 5.56 Å². The van der Waals surface area contributed by atoms with Crippen molar-refractivity contribution >= 4 is 11.6 Å². The zero-order chi connectivity index (χ0) is 14.8. The summed E-state index contributed by atoms with van der Waals surface area (Å²) >= 11 is 5.93. The van der Waals surface area contributed by atoms with Crippen LogP contribution < -0.4 is 4.74 Å². The van der Waals surface area contributed by atoms with Crippen LogP contribution >= 0.6 is 11.6 Å². The summed E-state index contributed by atoms with van der Waals surface area (Å²) in [7, 11) is 1.45. The van der Waals surface area contributed by atoms with Gasteiger partial charge in [-0.1, -0.05) is 29.8 Å². The highest BCUT2D eigenvalue weighted by atomic mass is 35.5. The Balaban J connectivity index is 2.40. The molecule has 0 aliphatic carbocycles. The fourth-order valence-corrected chi connectivity index (χ4v) is 2.54. The maximum atomic E-state index is 14.0. The first-order valence-corrected chi connectivity index (χ1v) is 6.61. The largest absolute Gasteiger partial charge is 0.496 e. The van der Waals surface area contributed by atoms with Crippen molar-refractivity contribution in [3.8, 4) is 5.75 Å². The fraction of sp³-hybridized carbons (Fsp3) is 0.250. The summed E-state index contributed by atoms with van der Waals surface area (Å²) in [5.74, 6) is -0.159. The SMILES string of the molecule is COc1cccc(F)c1C(C)(O)Cc1cccc(Cl)c1. The van der Waals surface area contributed by atoms with Gasteiger partial charge in [-0.25, -0.2) is 4.39 Å². The lowest BCUT2D eigenvalue weighted by Crippen LogP contribution is -2.26. The highest BCUT2D eigenvalue weighted by molar-refractivity contribution is 6.30. The van der Waals surface area contributed by atoms with Crippen LogP contribution in [0.25, 0.3) is 0 Å². The van der Waals surface area contributed by atoms with E-state index in [1.165, 1.54) is 13.2 Å². The zero-order valence-corrected chi connectivity index (χ0v) is 12.1. The number of hydrogen-bond acceptors (Lipinski definition) is 2. The van der Waals surface area contributed by atoms with Gasteiger partial charge in [0.25, 0.3) is 0 Å². The van der Waals surface area contributed by atoms with Gasteiger partial charge in [-0.3, -0.25) is 0 Å². The molecule has 0 saturated carbocycles. The first kappa shape index (κ1) is 14.8. The molecular weight excluding hydrogens is 279 g/mol. The molecule has 0 fully saturated rings. The molecule has 0 radical (unpaired) electrons. The minimum absolute atomic E-state index is 0.155. The highest BCUT2D eigenvalue weighted by Crippen LogP contribution is 2.35. The standard InChI is InChI=1S/C16H16ClFO2/c1-16(19,10-11-5-3-6-12(17)9-11)15-13(18)7-4-8-14(15)20-2/h3-9,19H,10H2,1-2H3. The van der Waals surface area contributed by atoms with Crippen LogP contribution in [0.2, 0.25) is 5.02 Å². The average Bonchev–Trinajstić information content (AvgIpc) is 2.37. The van der Waals surface area contributed by atoms with Gasteiger partial charge in [0.1, 0.15) is 11.6 Å². The molecule has 1 atom stereocenters. The molecule has 0 amide bonds. The summed E-state index contributed by atoms with van der Waals surface area (Å²) < 4.78 is 19.2. The van der Waals surface area contributed by atoms with E-state index in [-0.39, 0.29) is 12.0 Å². The Morgan fingerprint density at radius 2 is 1.95 bits per heavy atom. The van der Waals surface area contributed by atoms with Crippen molar-refractivity contribution in [2.75, 3.05) is 7.11 Å². The number of hydrogen-bond donors (Lipinski definition) is 1. The molecule has 0 aromatic heterocycles. The maximum absolute atomic E-state index is 14.0. The lowest BCUT2D eigenvalue weighted by atomic mass is 9.88. The van der Waals surface area contributed by atoms with Crippen LogP contribution in [0.15, 0.2) is 42.5 Å². The van der Waals surface area contributed by atoms with Crippen LogP contribution in [0.1, 0.15) is 18.1 Å². The monoisotopic (exact) mass is 294 g/mol. The van der Waals surface area contributed by atoms with E-state index >= 15 is 0 Å². The molecule has 0 saturated heterocycles. The van der Waals surface area contributed by atoms with Gasteiger partial charge in [-0.15, -0.1) is 0 Å². The van der Waals surface area contributed by atoms with Gasteiger partial charge in [0.2, 0.25) is 0 Å². The minimum Gasteiger partial charge on any atom is -0.496 e.